The SMILES string of the molecule is O=C(O)C1C=CCN(C(=O)OCc2ccccc2)C1. The highest BCUT2D eigenvalue weighted by molar-refractivity contribution is 5.75. The van der Waals surface area contributed by atoms with Gasteiger partial charge in [0.25, 0.3) is 0 Å². The van der Waals surface area contributed by atoms with Gasteiger partial charge in [0, 0.05) is 13.1 Å². The third kappa shape index (κ3) is 3.58. The summed E-state index contributed by atoms with van der Waals surface area (Å²) in [7, 11) is 0. The van der Waals surface area contributed by atoms with Crippen molar-refractivity contribution in [3.8, 4) is 0 Å². The number of carboxylic acids is 1. The van der Waals surface area contributed by atoms with Crippen molar-refractivity contribution in [1.29, 1.82) is 0 Å². The minimum Gasteiger partial charge on any atom is -0.481 e. The summed E-state index contributed by atoms with van der Waals surface area (Å²) in [6, 6.07) is 9.35. The zero-order valence-electron chi connectivity index (χ0n) is 10.4. The monoisotopic (exact) mass is 261 g/mol. The third-order valence-corrected chi connectivity index (χ3v) is 2.89. The number of rotatable bonds is 3. The minimum atomic E-state index is -0.934. The lowest BCUT2D eigenvalue weighted by molar-refractivity contribution is -0.140. The van der Waals surface area contributed by atoms with Gasteiger partial charge < -0.3 is 14.7 Å². The van der Waals surface area contributed by atoms with E-state index in [0.717, 1.165) is 5.56 Å². The summed E-state index contributed by atoms with van der Waals surface area (Å²) < 4.78 is 5.16. The average Bonchev–Trinajstić information content (AvgIpc) is 2.46. The Labute approximate surface area is 111 Å². The van der Waals surface area contributed by atoms with E-state index in [1.54, 1.807) is 12.2 Å². The van der Waals surface area contributed by atoms with Gasteiger partial charge in [-0.05, 0) is 5.56 Å². The normalized spacial score (nSPS) is 18.1. The molecule has 1 unspecified atom stereocenters. The molecule has 1 aromatic rings. The maximum Gasteiger partial charge on any atom is 0.410 e. The number of ether oxygens (including phenoxy) is 1. The van der Waals surface area contributed by atoms with Crippen LogP contribution in [0.2, 0.25) is 0 Å². The summed E-state index contributed by atoms with van der Waals surface area (Å²) in [5.41, 5.74) is 0.901. The van der Waals surface area contributed by atoms with E-state index < -0.39 is 18.0 Å². The van der Waals surface area contributed by atoms with E-state index in [9.17, 15) is 9.59 Å². The molecule has 1 aliphatic rings. The number of nitrogens with zero attached hydrogens (tertiary/aromatic N) is 1. The number of amides is 1. The lowest BCUT2D eigenvalue weighted by Crippen LogP contribution is -2.40. The van der Waals surface area contributed by atoms with Crippen molar-refractivity contribution in [2.45, 2.75) is 6.61 Å². The fourth-order valence-corrected chi connectivity index (χ4v) is 1.85. The molecule has 0 fully saturated rings. The Balaban J connectivity index is 1.87. The number of carbonyl (C=O) groups excluding carboxylic acids is 1. The molecule has 19 heavy (non-hydrogen) atoms. The van der Waals surface area contributed by atoms with Crippen LogP contribution in [-0.4, -0.2) is 35.2 Å². The number of benzene rings is 1. The summed E-state index contributed by atoms with van der Waals surface area (Å²) in [5, 5.41) is 8.92. The molecule has 2 rings (SSSR count). The number of carbonyl (C=O) groups is 2. The Morgan fingerprint density at radius 3 is 2.74 bits per heavy atom. The molecule has 0 bridgehead atoms. The summed E-state index contributed by atoms with van der Waals surface area (Å²) in [6.07, 6.45) is 2.79. The fraction of sp³-hybridized carbons (Fsp3) is 0.286. The first-order valence-corrected chi connectivity index (χ1v) is 6.02. The van der Waals surface area contributed by atoms with Crippen molar-refractivity contribution < 1.29 is 19.4 Å². The molecule has 5 heteroatoms. The Kier molecular flexibility index (Phi) is 4.18. The van der Waals surface area contributed by atoms with Crippen LogP contribution in [0.3, 0.4) is 0 Å². The maximum atomic E-state index is 11.8. The Morgan fingerprint density at radius 2 is 2.05 bits per heavy atom. The Bertz CT molecular complexity index is 483. The zero-order chi connectivity index (χ0) is 13.7. The third-order valence-electron chi connectivity index (χ3n) is 2.89. The Morgan fingerprint density at radius 1 is 1.32 bits per heavy atom. The molecule has 5 nitrogen and oxygen atoms in total. The van der Waals surface area contributed by atoms with Crippen LogP contribution in [0.15, 0.2) is 42.5 Å². The highest BCUT2D eigenvalue weighted by atomic mass is 16.6. The fourth-order valence-electron chi connectivity index (χ4n) is 1.85. The van der Waals surface area contributed by atoms with Crippen molar-refractivity contribution in [1.82, 2.24) is 4.90 Å². The van der Waals surface area contributed by atoms with Gasteiger partial charge in [0.2, 0.25) is 0 Å². The van der Waals surface area contributed by atoms with E-state index in [-0.39, 0.29) is 13.2 Å². The van der Waals surface area contributed by atoms with Crippen LogP contribution in [0.4, 0.5) is 4.79 Å². The first kappa shape index (κ1) is 13.1. The smallest absolute Gasteiger partial charge is 0.410 e. The first-order valence-electron chi connectivity index (χ1n) is 6.02. The molecule has 0 saturated carbocycles. The quantitative estimate of drug-likeness (QED) is 0.844. The standard InChI is InChI=1S/C14H15NO4/c16-13(17)12-7-4-8-15(9-12)14(18)19-10-11-5-2-1-3-6-11/h1-7,12H,8-10H2,(H,16,17). The highest BCUT2D eigenvalue weighted by Gasteiger charge is 2.25. The van der Waals surface area contributed by atoms with Crippen molar-refractivity contribution in [2.75, 3.05) is 13.1 Å². The van der Waals surface area contributed by atoms with Gasteiger partial charge in [0.1, 0.15) is 6.61 Å². The lowest BCUT2D eigenvalue weighted by atomic mass is 10.1. The molecule has 1 aliphatic heterocycles. The van der Waals surface area contributed by atoms with Gasteiger partial charge in [0.05, 0.1) is 5.92 Å². The molecular formula is C14H15NO4. The lowest BCUT2D eigenvalue weighted by Gasteiger charge is -2.26. The van der Waals surface area contributed by atoms with Crippen LogP contribution in [0.25, 0.3) is 0 Å². The summed E-state index contributed by atoms with van der Waals surface area (Å²) >= 11 is 0. The number of aliphatic carboxylic acids is 1. The van der Waals surface area contributed by atoms with Crippen molar-refractivity contribution >= 4 is 12.1 Å². The molecule has 0 spiro atoms. The maximum absolute atomic E-state index is 11.8. The van der Waals surface area contributed by atoms with E-state index in [4.69, 9.17) is 9.84 Å². The number of hydrogen-bond donors (Lipinski definition) is 1. The van der Waals surface area contributed by atoms with E-state index >= 15 is 0 Å². The molecule has 0 aliphatic carbocycles. The van der Waals surface area contributed by atoms with Gasteiger partial charge >= 0.3 is 12.1 Å². The van der Waals surface area contributed by atoms with Gasteiger partial charge in [-0.2, -0.15) is 0 Å². The Hall–Kier alpha value is -2.30. The van der Waals surface area contributed by atoms with Crippen LogP contribution in [0, 0.1) is 5.92 Å². The van der Waals surface area contributed by atoms with Crippen LogP contribution in [-0.2, 0) is 16.1 Å². The average molecular weight is 261 g/mol. The predicted octanol–water partition coefficient (Wildman–Crippen LogP) is 1.90. The van der Waals surface area contributed by atoms with Gasteiger partial charge in [-0.15, -0.1) is 0 Å². The topological polar surface area (TPSA) is 66.8 Å². The van der Waals surface area contributed by atoms with Crippen LogP contribution in [0.1, 0.15) is 5.56 Å². The number of hydrogen-bond acceptors (Lipinski definition) is 3. The van der Waals surface area contributed by atoms with Crippen LogP contribution in [0.5, 0.6) is 0 Å². The van der Waals surface area contributed by atoms with Crippen molar-refractivity contribution in [2.24, 2.45) is 5.92 Å². The summed E-state index contributed by atoms with van der Waals surface area (Å²) in [6.45, 7) is 0.731. The molecule has 0 aromatic heterocycles. The molecule has 100 valence electrons. The zero-order valence-corrected chi connectivity index (χ0v) is 10.4. The highest BCUT2D eigenvalue weighted by Crippen LogP contribution is 2.12. The van der Waals surface area contributed by atoms with Crippen LogP contribution >= 0.6 is 0 Å². The van der Waals surface area contributed by atoms with E-state index in [1.807, 2.05) is 30.3 Å². The van der Waals surface area contributed by atoms with Gasteiger partial charge in [-0.3, -0.25) is 4.79 Å². The van der Waals surface area contributed by atoms with Crippen LogP contribution < -0.4 is 0 Å². The summed E-state index contributed by atoms with van der Waals surface area (Å²) in [4.78, 5) is 24.1. The van der Waals surface area contributed by atoms with Gasteiger partial charge in [-0.1, -0.05) is 42.5 Å². The molecule has 0 saturated heterocycles. The largest absolute Gasteiger partial charge is 0.481 e. The van der Waals surface area contributed by atoms with Gasteiger partial charge in [0.15, 0.2) is 0 Å². The number of carboxylic acid groups (broad SMARTS) is 1. The predicted molar refractivity (Wildman–Crippen MR) is 68.5 cm³/mol. The minimum absolute atomic E-state index is 0.152. The molecule has 1 heterocycles. The molecule has 1 N–H and O–H groups in total. The molecule has 1 aromatic carbocycles. The van der Waals surface area contributed by atoms with Gasteiger partial charge in [-0.25, -0.2) is 4.79 Å². The second-order valence-electron chi connectivity index (χ2n) is 4.32. The summed E-state index contributed by atoms with van der Waals surface area (Å²) in [5.74, 6) is -1.59. The first-order chi connectivity index (χ1) is 9.16. The van der Waals surface area contributed by atoms with E-state index in [0.29, 0.717) is 6.54 Å². The van der Waals surface area contributed by atoms with E-state index in [1.165, 1.54) is 4.90 Å². The molecule has 1 amide bonds. The molecule has 0 radical (unpaired) electrons. The molecular weight excluding hydrogens is 246 g/mol. The van der Waals surface area contributed by atoms with E-state index in [2.05, 4.69) is 0 Å². The molecule has 1 atom stereocenters. The second kappa shape index (κ2) is 6.04. The van der Waals surface area contributed by atoms with Crippen molar-refractivity contribution in [3.05, 3.63) is 48.0 Å². The second-order valence-corrected chi connectivity index (χ2v) is 4.32. The van der Waals surface area contributed by atoms with Crippen molar-refractivity contribution in [3.63, 3.8) is 0 Å².